The van der Waals surface area contributed by atoms with Crippen LogP contribution in [0.4, 0.5) is 0 Å². The van der Waals surface area contributed by atoms with Gasteiger partial charge in [0.05, 0.1) is 19.8 Å². The summed E-state index contributed by atoms with van der Waals surface area (Å²) in [6.07, 6.45) is -18.5. The molecule has 2 saturated heterocycles. The van der Waals surface area contributed by atoms with Crippen LogP contribution >= 0.6 is 7.82 Å². The van der Waals surface area contributed by atoms with Gasteiger partial charge in [0.2, 0.25) is 0 Å². The summed E-state index contributed by atoms with van der Waals surface area (Å²) in [5.41, 5.74) is 0. The standard InChI is InChI=1S/C38H71O22P/c1-2-3-4-5-6-7-8-9-10-11-12-13-14-15-16-24(42)54-19-21(41)20-55-61(52,53)60-36-34(58-37-32(50)27(45)25(43)22(17-39)56-37)30(48)29(47)31(49)35(36)59-38-33(51)28(46)26(44)23(18-40)57-38/h21-23,25-41,43-51H,2-20H2,1H3,(H,52,53)/t21-,22?,23?,25-,26+,27?,28?,29?,30?,31?,32-,33+,34-,35?,36?,37-,38+/m1/s1. The lowest BCUT2D eigenvalue weighted by Crippen LogP contribution is -2.69. The van der Waals surface area contributed by atoms with Gasteiger partial charge in [-0.2, -0.15) is 0 Å². The lowest BCUT2D eigenvalue weighted by atomic mass is 9.84. The number of aliphatic hydroxyl groups excluding tert-OH is 12. The molecule has 1 saturated carbocycles. The quantitative estimate of drug-likeness (QED) is 0.0224. The third-order valence-corrected chi connectivity index (χ3v) is 12.1. The van der Waals surface area contributed by atoms with Crippen LogP contribution in [0.2, 0.25) is 0 Å². The van der Waals surface area contributed by atoms with E-state index in [9.17, 15) is 75.5 Å². The third kappa shape index (κ3) is 16.7. The van der Waals surface area contributed by atoms with Crippen LogP contribution in [0.3, 0.4) is 0 Å². The molecule has 1 aliphatic carbocycles. The van der Waals surface area contributed by atoms with Crippen LogP contribution in [-0.2, 0) is 42.1 Å². The third-order valence-electron chi connectivity index (χ3n) is 11.2. The molecule has 0 aromatic rings. The highest BCUT2D eigenvalue weighted by molar-refractivity contribution is 7.47. The molecule has 10 unspecified atom stereocenters. The number of hydrogen-bond donors (Lipinski definition) is 13. The predicted octanol–water partition coefficient (Wildman–Crippen LogP) is -2.27. The number of carbonyl (C=O) groups is 1. The molecule has 22 nitrogen and oxygen atoms in total. The Bertz CT molecular complexity index is 1210. The zero-order valence-corrected chi connectivity index (χ0v) is 35.6. The van der Waals surface area contributed by atoms with Gasteiger partial charge in [-0.05, 0) is 6.42 Å². The summed E-state index contributed by atoms with van der Waals surface area (Å²) in [5.74, 6) is -0.619. The summed E-state index contributed by atoms with van der Waals surface area (Å²) in [6.45, 7) is -1.26. The Morgan fingerprint density at radius 2 is 0.951 bits per heavy atom. The Hall–Kier alpha value is -1.06. The maximum absolute atomic E-state index is 13.4. The number of hydrogen-bond acceptors (Lipinski definition) is 21. The summed E-state index contributed by atoms with van der Waals surface area (Å²) in [5, 5.41) is 125. The number of carbonyl (C=O) groups excluding carboxylic acids is 1. The van der Waals surface area contributed by atoms with Crippen molar-refractivity contribution >= 4 is 13.8 Å². The van der Waals surface area contributed by atoms with Crippen LogP contribution in [0.5, 0.6) is 0 Å². The Balaban J connectivity index is 1.58. The van der Waals surface area contributed by atoms with Crippen molar-refractivity contribution in [1.82, 2.24) is 0 Å². The predicted molar refractivity (Wildman–Crippen MR) is 208 cm³/mol. The fourth-order valence-electron chi connectivity index (χ4n) is 7.41. The van der Waals surface area contributed by atoms with Crippen molar-refractivity contribution in [3.8, 4) is 0 Å². The molecule has 3 aliphatic rings. The normalized spacial score (nSPS) is 37.3. The van der Waals surface area contributed by atoms with E-state index < -0.39 is 144 Å². The van der Waals surface area contributed by atoms with Crippen molar-refractivity contribution in [3.05, 3.63) is 0 Å². The second-order valence-electron chi connectivity index (χ2n) is 16.1. The molecule has 3 rings (SSSR count). The first-order valence-corrected chi connectivity index (χ1v) is 22.9. The minimum atomic E-state index is -5.50. The Morgan fingerprint density at radius 3 is 1.36 bits per heavy atom. The first-order chi connectivity index (χ1) is 29.0. The lowest BCUT2D eigenvalue weighted by molar-refractivity contribution is -0.360. The van der Waals surface area contributed by atoms with E-state index in [4.69, 9.17) is 32.7 Å². The first kappa shape index (κ1) is 54.3. The van der Waals surface area contributed by atoms with Gasteiger partial charge in [0, 0.05) is 6.42 Å². The van der Waals surface area contributed by atoms with Crippen molar-refractivity contribution < 1.29 is 108 Å². The highest BCUT2D eigenvalue weighted by atomic mass is 31.2. The van der Waals surface area contributed by atoms with Crippen molar-refractivity contribution in [2.45, 2.75) is 207 Å². The number of phosphoric ester groups is 1. The van der Waals surface area contributed by atoms with E-state index in [0.29, 0.717) is 6.42 Å². The van der Waals surface area contributed by atoms with Gasteiger partial charge in [0.1, 0.15) is 98.2 Å². The van der Waals surface area contributed by atoms with E-state index in [1.807, 2.05) is 0 Å². The van der Waals surface area contributed by atoms with E-state index >= 15 is 0 Å². The second-order valence-corrected chi connectivity index (χ2v) is 17.5. The molecular weight excluding hydrogens is 839 g/mol. The second kappa shape index (κ2) is 27.4. The first-order valence-electron chi connectivity index (χ1n) is 21.4. The molecule has 0 spiro atoms. The maximum Gasteiger partial charge on any atom is 0.472 e. The van der Waals surface area contributed by atoms with Crippen LogP contribution < -0.4 is 0 Å². The number of rotatable bonds is 28. The molecule has 0 bridgehead atoms. The van der Waals surface area contributed by atoms with E-state index in [-0.39, 0.29) is 6.42 Å². The number of phosphoric acid groups is 1. The molecule has 61 heavy (non-hydrogen) atoms. The monoisotopic (exact) mass is 910 g/mol. The van der Waals surface area contributed by atoms with E-state index in [1.54, 1.807) is 0 Å². The number of ether oxygens (including phenoxy) is 5. The van der Waals surface area contributed by atoms with Crippen LogP contribution in [0.1, 0.15) is 103 Å². The van der Waals surface area contributed by atoms with Gasteiger partial charge in [0.15, 0.2) is 12.6 Å². The summed E-state index contributed by atoms with van der Waals surface area (Å²) < 4.78 is 50.3. The van der Waals surface area contributed by atoms with Crippen LogP contribution in [-0.4, -0.2) is 203 Å². The average molecular weight is 911 g/mol. The van der Waals surface area contributed by atoms with Crippen molar-refractivity contribution in [3.63, 3.8) is 0 Å². The molecule has 2 heterocycles. The van der Waals surface area contributed by atoms with Gasteiger partial charge < -0.3 is 89.9 Å². The van der Waals surface area contributed by atoms with Gasteiger partial charge in [-0.25, -0.2) is 4.57 Å². The Labute approximate surface area is 355 Å². The minimum absolute atomic E-state index is 0.0804. The number of unbranched alkanes of at least 4 members (excludes halogenated alkanes) is 13. The lowest BCUT2D eigenvalue weighted by Gasteiger charge is -2.49. The fourth-order valence-corrected chi connectivity index (χ4v) is 8.38. The molecular formula is C38H71O22P. The Morgan fingerprint density at radius 1 is 0.557 bits per heavy atom. The zero-order chi connectivity index (χ0) is 45.3. The smallest absolute Gasteiger partial charge is 0.463 e. The SMILES string of the molecule is CCCCCCCCCCCCCCCCC(=O)OC[C@@H](O)COP(=O)(O)OC1C(O[C@@H]2OC(CO)[C@H](O)C(O)[C@@H]2O)C(O)C(O)C(O)[C@H]1O[C@H]1OC(CO)[C@@H](O)C(O)[C@H]1O. The van der Waals surface area contributed by atoms with Crippen LogP contribution in [0.25, 0.3) is 0 Å². The van der Waals surface area contributed by atoms with Crippen molar-refractivity contribution in [1.29, 1.82) is 0 Å². The largest absolute Gasteiger partial charge is 0.472 e. The molecule has 18 atom stereocenters. The molecule has 0 amide bonds. The minimum Gasteiger partial charge on any atom is -0.463 e. The highest BCUT2D eigenvalue weighted by Gasteiger charge is 2.58. The van der Waals surface area contributed by atoms with Gasteiger partial charge in [-0.3, -0.25) is 13.8 Å². The van der Waals surface area contributed by atoms with Gasteiger partial charge >= 0.3 is 13.8 Å². The number of aliphatic hydroxyl groups is 12. The van der Waals surface area contributed by atoms with Crippen molar-refractivity contribution in [2.24, 2.45) is 0 Å². The van der Waals surface area contributed by atoms with E-state index in [2.05, 4.69) is 6.92 Å². The Kier molecular flexibility index (Phi) is 24.4. The van der Waals surface area contributed by atoms with E-state index in [1.165, 1.54) is 57.8 Å². The average Bonchev–Trinajstić information content (AvgIpc) is 3.24. The maximum atomic E-state index is 13.4. The van der Waals surface area contributed by atoms with Crippen LogP contribution in [0.15, 0.2) is 0 Å². The van der Waals surface area contributed by atoms with Gasteiger partial charge in [0.25, 0.3) is 0 Å². The molecule has 3 fully saturated rings. The summed E-state index contributed by atoms with van der Waals surface area (Å²) in [4.78, 5) is 23.1. The fraction of sp³-hybridized carbons (Fsp3) is 0.974. The molecule has 2 aliphatic heterocycles. The molecule has 13 N–H and O–H groups in total. The highest BCUT2D eigenvalue weighted by Crippen LogP contribution is 2.48. The summed E-state index contributed by atoms with van der Waals surface area (Å²) in [6, 6.07) is 0. The zero-order valence-electron chi connectivity index (χ0n) is 34.7. The summed E-state index contributed by atoms with van der Waals surface area (Å²) >= 11 is 0. The van der Waals surface area contributed by atoms with E-state index in [0.717, 1.165) is 25.7 Å². The van der Waals surface area contributed by atoms with Crippen molar-refractivity contribution in [2.75, 3.05) is 26.4 Å². The molecule has 0 radical (unpaired) electrons. The number of esters is 1. The molecule has 360 valence electrons. The summed E-state index contributed by atoms with van der Waals surface area (Å²) in [7, 11) is -5.50. The van der Waals surface area contributed by atoms with Gasteiger partial charge in [-0.15, -0.1) is 0 Å². The molecule has 0 aromatic carbocycles. The van der Waals surface area contributed by atoms with Gasteiger partial charge in [-0.1, -0.05) is 90.4 Å². The molecule has 23 heteroatoms. The topological polar surface area (TPSA) is 362 Å². The molecule has 0 aromatic heterocycles. The van der Waals surface area contributed by atoms with Crippen LogP contribution in [0, 0.1) is 0 Å².